The Labute approximate surface area is 302 Å². The molecule has 15 atom stereocenters. The summed E-state index contributed by atoms with van der Waals surface area (Å²) < 4.78 is 12.5. The summed E-state index contributed by atoms with van der Waals surface area (Å²) in [6.07, 6.45) is 10.7. The number of hydrogen-bond acceptors (Lipinski definition) is 8. The third-order valence-corrected chi connectivity index (χ3v) is 11.6. The summed E-state index contributed by atoms with van der Waals surface area (Å²) in [6.45, 7) is 19.5. The Hall–Kier alpha value is -1.78. The first-order valence-electron chi connectivity index (χ1n) is 19.4. The van der Waals surface area contributed by atoms with Gasteiger partial charge in [-0.25, -0.2) is 0 Å². The van der Waals surface area contributed by atoms with E-state index in [2.05, 4.69) is 33.8 Å². The molecule has 0 unspecified atom stereocenters. The zero-order chi connectivity index (χ0) is 37.9. The Bertz CT molecular complexity index is 1100. The number of aliphatic hydroxyl groups is 4. The molecule has 2 rings (SSSR count). The SMILES string of the molecule is C[C@H](C/C=C/[C@@H](C)[C@@H](O)[C@@H](C)[C@@H](O)C[C@@H]1CC[C@@](C)([C@@H]2CC[C@H]([C@@H](C)O)O2)O1)C[C@@H](C)C(O)=CC(=O)[C@@H](C)C[C@H](C)C[C@H](C)C[C@H](C)C(=O)O. The van der Waals surface area contributed by atoms with Crippen LogP contribution in [0.5, 0.6) is 0 Å². The van der Waals surface area contributed by atoms with E-state index in [1.807, 2.05) is 33.8 Å². The van der Waals surface area contributed by atoms with Gasteiger partial charge in [0.05, 0.1) is 53.9 Å². The van der Waals surface area contributed by atoms with Gasteiger partial charge in [-0.2, -0.15) is 0 Å². The van der Waals surface area contributed by atoms with Gasteiger partial charge in [-0.15, -0.1) is 0 Å². The molecule has 0 aliphatic carbocycles. The standard InChI is InChI=1S/C41H72O9/c1-24(19-28(5)34(43)23-35(44)29(6)20-25(2)18-26(3)21-30(7)40(47)48)12-11-13-27(4)39(46)31(8)36(45)22-33-16-17-41(10,50-33)38-15-14-37(49-38)32(9)42/h11,13,23-33,36-39,42-43,45-46H,12,14-22H2,1-10H3,(H,47,48)/b13-11+,34-23?/t24-,25-,26+,27-,28-,29+,30+,31+,32-,33+,36+,37-,38+,39-,41+/m1/s1. The molecule has 5 N–H and O–H groups in total. The minimum atomic E-state index is -0.776. The first-order valence-corrected chi connectivity index (χ1v) is 19.4. The average Bonchev–Trinajstić information content (AvgIpc) is 3.68. The largest absolute Gasteiger partial charge is 0.512 e. The molecule has 2 aliphatic rings. The van der Waals surface area contributed by atoms with Gasteiger partial charge in [0.15, 0.2) is 5.78 Å². The molecule has 0 aromatic carbocycles. The van der Waals surface area contributed by atoms with E-state index in [1.165, 1.54) is 6.08 Å². The van der Waals surface area contributed by atoms with Gasteiger partial charge in [-0.05, 0) is 95.8 Å². The molecule has 0 amide bonds. The van der Waals surface area contributed by atoms with Gasteiger partial charge in [0.2, 0.25) is 0 Å². The van der Waals surface area contributed by atoms with Gasteiger partial charge >= 0.3 is 5.97 Å². The van der Waals surface area contributed by atoms with Gasteiger partial charge in [0.1, 0.15) is 0 Å². The number of carbonyl (C=O) groups excluding carboxylic acids is 1. The van der Waals surface area contributed by atoms with Crippen molar-refractivity contribution in [1.82, 2.24) is 0 Å². The Morgan fingerprint density at radius 2 is 1.40 bits per heavy atom. The number of rotatable bonds is 22. The number of hydrogen-bond donors (Lipinski definition) is 5. The molecule has 9 heteroatoms. The molecule has 2 fully saturated rings. The highest BCUT2D eigenvalue weighted by Gasteiger charge is 2.47. The van der Waals surface area contributed by atoms with Crippen molar-refractivity contribution in [3.8, 4) is 0 Å². The van der Waals surface area contributed by atoms with Gasteiger partial charge in [0, 0.05) is 29.7 Å². The fourth-order valence-corrected chi connectivity index (χ4v) is 8.20. The average molecular weight is 709 g/mol. The maximum atomic E-state index is 12.9. The predicted molar refractivity (Wildman–Crippen MR) is 198 cm³/mol. The summed E-state index contributed by atoms with van der Waals surface area (Å²) in [4.78, 5) is 24.0. The van der Waals surface area contributed by atoms with Gasteiger partial charge < -0.3 is 35.0 Å². The Balaban J connectivity index is 1.76. The van der Waals surface area contributed by atoms with Crippen molar-refractivity contribution in [2.24, 2.45) is 47.3 Å². The topological polar surface area (TPSA) is 154 Å². The normalized spacial score (nSPS) is 29.9. The van der Waals surface area contributed by atoms with Crippen LogP contribution in [0, 0.1) is 47.3 Å². The molecular weight excluding hydrogens is 636 g/mol. The van der Waals surface area contributed by atoms with Crippen LogP contribution < -0.4 is 0 Å². The van der Waals surface area contributed by atoms with Crippen molar-refractivity contribution < 1.29 is 44.6 Å². The quantitative estimate of drug-likeness (QED) is 0.0433. The molecule has 2 aliphatic heterocycles. The summed E-state index contributed by atoms with van der Waals surface area (Å²) >= 11 is 0. The van der Waals surface area contributed by atoms with Crippen LogP contribution >= 0.6 is 0 Å². The van der Waals surface area contributed by atoms with Crippen LogP contribution in [0.15, 0.2) is 24.0 Å². The number of ether oxygens (including phenoxy) is 2. The lowest BCUT2D eigenvalue weighted by atomic mass is 9.84. The summed E-state index contributed by atoms with van der Waals surface area (Å²) in [5.41, 5.74) is -0.427. The number of carboxylic acids is 1. The van der Waals surface area contributed by atoms with Gasteiger partial charge in [0.25, 0.3) is 0 Å². The lowest BCUT2D eigenvalue weighted by Gasteiger charge is -2.33. The third kappa shape index (κ3) is 14.0. The van der Waals surface area contributed by atoms with Crippen molar-refractivity contribution in [1.29, 1.82) is 0 Å². The van der Waals surface area contributed by atoms with Crippen LogP contribution in [0.1, 0.15) is 133 Å². The highest BCUT2D eigenvalue weighted by Crippen LogP contribution is 2.42. The van der Waals surface area contributed by atoms with Crippen LogP contribution in [-0.4, -0.2) is 79.5 Å². The van der Waals surface area contributed by atoms with Crippen LogP contribution in [0.4, 0.5) is 0 Å². The predicted octanol–water partition coefficient (Wildman–Crippen LogP) is 7.66. The van der Waals surface area contributed by atoms with Crippen LogP contribution in [0.3, 0.4) is 0 Å². The molecule has 2 saturated heterocycles. The second kappa shape index (κ2) is 20.5. The van der Waals surface area contributed by atoms with Crippen molar-refractivity contribution in [3.05, 3.63) is 24.0 Å². The zero-order valence-electron chi connectivity index (χ0n) is 32.8. The minimum Gasteiger partial charge on any atom is -0.512 e. The molecule has 9 nitrogen and oxygen atoms in total. The summed E-state index contributed by atoms with van der Waals surface area (Å²) in [5.74, 6) is -1.22. The maximum absolute atomic E-state index is 12.9. The Morgan fingerprint density at radius 1 is 0.800 bits per heavy atom. The first-order chi connectivity index (χ1) is 23.2. The summed E-state index contributed by atoms with van der Waals surface area (Å²) in [6, 6.07) is 0. The van der Waals surface area contributed by atoms with Crippen molar-refractivity contribution >= 4 is 11.8 Å². The lowest BCUT2D eigenvalue weighted by Crippen LogP contribution is -2.41. The summed E-state index contributed by atoms with van der Waals surface area (Å²) in [7, 11) is 0. The van der Waals surface area contributed by atoms with Gasteiger partial charge in [-0.3, -0.25) is 9.59 Å². The molecule has 2 heterocycles. The van der Waals surface area contributed by atoms with E-state index in [0.29, 0.717) is 25.7 Å². The van der Waals surface area contributed by atoms with Gasteiger partial charge in [-0.1, -0.05) is 67.5 Å². The second-order valence-corrected chi connectivity index (χ2v) is 17.0. The number of carbonyl (C=O) groups is 2. The summed E-state index contributed by atoms with van der Waals surface area (Å²) in [5, 5.41) is 51.9. The number of allylic oxidation sites excluding steroid dienone is 3. The molecule has 290 valence electrons. The maximum Gasteiger partial charge on any atom is 0.306 e. The van der Waals surface area contributed by atoms with Crippen molar-refractivity contribution in [2.45, 2.75) is 176 Å². The molecular formula is C41H72O9. The van der Waals surface area contributed by atoms with Crippen LogP contribution in [0.25, 0.3) is 0 Å². The van der Waals surface area contributed by atoms with Crippen molar-refractivity contribution in [2.75, 3.05) is 0 Å². The Morgan fingerprint density at radius 3 is 1.98 bits per heavy atom. The zero-order valence-corrected chi connectivity index (χ0v) is 32.8. The molecule has 0 bridgehead atoms. The number of ketones is 1. The molecule has 0 radical (unpaired) electrons. The van der Waals surface area contributed by atoms with E-state index in [0.717, 1.165) is 38.5 Å². The van der Waals surface area contributed by atoms with E-state index in [4.69, 9.17) is 14.6 Å². The highest BCUT2D eigenvalue weighted by molar-refractivity contribution is 5.91. The lowest BCUT2D eigenvalue weighted by molar-refractivity contribution is -0.144. The number of aliphatic carboxylic acids is 1. The Kier molecular flexibility index (Phi) is 18.2. The molecule has 0 spiro atoms. The first kappa shape index (κ1) is 44.4. The number of aliphatic hydroxyl groups excluding tert-OH is 4. The van der Waals surface area contributed by atoms with Crippen LogP contribution in [-0.2, 0) is 19.1 Å². The van der Waals surface area contributed by atoms with E-state index in [-0.39, 0.29) is 77.2 Å². The third-order valence-electron chi connectivity index (χ3n) is 11.6. The van der Waals surface area contributed by atoms with Crippen molar-refractivity contribution in [3.63, 3.8) is 0 Å². The van der Waals surface area contributed by atoms with E-state index < -0.39 is 29.9 Å². The smallest absolute Gasteiger partial charge is 0.306 e. The molecule has 0 aromatic rings. The molecule has 0 aromatic heterocycles. The van der Waals surface area contributed by atoms with Crippen LogP contribution in [0.2, 0.25) is 0 Å². The van der Waals surface area contributed by atoms with E-state index in [9.17, 15) is 30.0 Å². The van der Waals surface area contributed by atoms with E-state index >= 15 is 0 Å². The highest BCUT2D eigenvalue weighted by atomic mass is 16.6. The minimum absolute atomic E-state index is 0.0589. The fraction of sp³-hybridized carbons (Fsp3) is 0.854. The monoisotopic (exact) mass is 709 g/mol. The number of carboxylic acid groups (broad SMARTS) is 1. The fourth-order valence-electron chi connectivity index (χ4n) is 8.20. The van der Waals surface area contributed by atoms with E-state index in [1.54, 1.807) is 13.8 Å². The molecule has 50 heavy (non-hydrogen) atoms. The molecule has 0 saturated carbocycles. The second-order valence-electron chi connectivity index (χ2n) is 17.0.